The van der Waals surface area contributed by atoms with Crippen LogP contribution in [0.2, 0.25) is 5.02 Å². The summed E-state index contributed by atoms with van der Waals surface area (Å²) in [5, 5.41) is 3.50. The van der Waals surface area contributed by atoms with Crippen LogP contribution in [0.3, 0.4) is 0 Å². The predicted octanol–water partition coefficient (Wildman–Crippen LogP) is 5.28. The molecule has 0 radical (unpaired) electrons. The molecule has 2 aromatic carbocycles. The van der Waals surface area contributed by atoms with Crippen molar-refractivity contribution >= 4 is 51.1 Å². The Bertz CT molecular complexity index is 817. The molecule has 0 fully saturated rings. The van der Waals surface area contributed by atoms with Crippen LogP contribution in [-0.4, -0.2) is 35.1 Å². The average molecular weight is 498 g/mol. The Morgan fingerprint density at radius 3 is 2.55 bits per heavy atom. The first-order valence-corrected chi connectivity index (χ1v) is 11.9. The molecule has 7 heteroatoms. The molecule has 29 heavy (non-hydrogen) atoms. The number of halogens is 2. The summed E-state index contributed by atoms with van der Waals surface area (Å²) in [5.74, 6) is 0.842. The molecule has 0 saturated heterocycles. The van der Waals surface area contributed by atoms with Gasteiger partial charge in [0.05, 0.1) is 5.75 Å². The number of rotatable bonds is 10. The van der Waals surface area contributed by atoms with Crippen molar-refractivity contribution in [2.75, 3.05) is 12.3 Å². The maximum absolute atomic E-state index is 13.0. The Hall–Kier alpha value is -1.50. The summed E-state index contributed by atoms with van der Waals surface area (Å²) in [4.78, 5) is 27.1. The maximum Gasteiger partial charge on any atom is 0.242 e. The van der Waals surface area contributed by atoms with Crippen molar-refractivity contribution in [1.82, 2.24) is 10.2 Å². The van der Waals surface area contributed by atoms with E-state index in [1.165, 1.54) is 0 Å². The van der Waals surface area contributed by atoms with Crippen LogP contribution < -0.4 is 5.32 Å². The summed E-state index contributed by atoms with van der Waals surface area (Å²) in [7, 11) is 0. The van der Waals surface area contributed by atoms with E-state index in [-0.39, 0.29) is 11.8 Å². The fourth-order valence-corrected chi connectivity index (χ4v) is 4.08. The zero-order valence-corrected chi connectivity index (χ0v) is 19.8. The van der Waals surface area contributed by atoms with Crippen LogP contribution in [0.5, 0.6) is 0 Å². The van der Waals surface area contributed by atoms with E-state index in [0.717, 1.165) is 27.8 Å². The number of nitrogens with one attached hydrogen (secondary N) is 1. The first kappa shape index (κ1) is 23.8. The highest BCUT2D eigenvalue weighted by molar-refractivity contribution is 9.10. The zero-order chi connectivity index (χ0) is 21.2. The summed E-state index contributed by atoms with van der Waals surface area (Å²) in [5.41, 5.74) is 2.06. The number of hydrogen-bond acceptors (Lipinski definition) is 3. The van der Waals surface area contributed by atoms with Gasteiger partial charge in [0.1, 0.15) is 6.04 Å². The van der Waals surface area contributed by atoms with Crippen molar-refractivity contribution in [3.63, 3.8) is 0 Å². The molecule has 0 aromatic heterocycles. The van der Waals surface area contributed by atoms with Crippen LogP contribution in [-0.2, 0) is 21.9 Å². The summed E-state index contributed by atoms with van der Waals surface area (Å²) < 4.78 is 1.03. The van der Waals surface area contributed by atoms with Crippen LogP contribution in [0, 0.1) is 0 Å². The van der Waals surface area contributed by atoms with Crippen LogP contribution >= 0.6 is 39.3 Å². The topological polar surface area (TPSA) is 49.4 Å². The first-order valence-electron chi connectivity index (χ1n) is 9.54. The Morgan fingerprint density at radius 1 is 1.17 bits per heavy atom. The molecule has 1 atom stereocenters. The number of benzene rings is 2. The lowest BCUT2D eigenvalue weighted by atomic mass is 10.1. The number of thioether (sulfide) groups is 1. The lowest BCUT2D eigenvalue weighted by Gasteiger charge is -2.28. The average Bonchev–Trinajstić information content (AvgIpc) is 2.71. The maximum atomic E-state index is 13.0. The molecule has 0 unspecified atom stereocenters. The molecule has 0 heterocycles. The molecular weight excluding hydrogens is 472 g/mol. The van der Waals surface area contributed by atoms with Gasteiger partial charge in [-0.05, 0) is 48.7 Å². The number of hydrogen-bond donors (Lipinski definition) is 1. The second-order valence-electron chi connectivity index (χ2n) is 6.74. The van der Waals surface area contributed by atoms with Gasteiger partial charge in [-0.15, -0.1) is 11.8 Å². The van der Waals surface area contributed by atoms with E-state index in [4.69, 9.17) is 11.6 Å². The number of nitrogens with zero attached hydrogens (tertiary/aromatic N) is 1. The van der Waals surface area contributed by atoms with Gasteiger partial charge < -0.3 is 10.2 Å². The molecule has 2 rings (SSSR count). The molecular formula is C22H26BrClN2O2S. The lowest BCUT2D eigenvalue weighted by Crippen LogP contribution is -2.48. The molecule has 0 bridgehead atoms. The smallest absolute Gasteiger partial charge is 0.242 e. The minimum atomic E-state index is -0.554. The predicted molar refractivity (Wildman–Crippen MR) is 125 cm³/mol. The Kier molecular flexibility index (Phi) is 10.0. The van der Waals surface area contributed by atoms with Gasteiger partial charge in [0.2, 0.25) is 11.8 Å². The Balaban J connectivity index is 2.04. The van der Waals surface area contributed by atoms with Crippen molar-refractivity contribution in [2.24, 2.45) is 0 Å². The van der Waals surface area contributed by atoms with E-state index in [9.17, 15) is 9.59 Å². The van der Waals surface area contributed by atoms with Crippen molar-refractivity contribution in [2.45, 2.75) is 38.6 Å². The van der Waals surface area contributed by atoms with E-state index in [2.05, 4.69) is 21.2 Å². The van der Waals surface area contributed by atoms with Crippen LogP contribution in [0.15, 0.2) is 53.0 Å². The Morgan fingerprint density at radius 2 is 1.90 bits per heavy atom. The second kappa shape index (κ2) is 12.3. The summed E-state index contributed by atoms with van der Waals surface area (Å²) in [6.45, 7) is 4.71. The monoisotopic (exact) mass is 496 g/mol. The minimum absolute atomic E-state index is 0.0637. The SMILES string of the molecule is CCCNC(=O)[C@H](C)N(Cc1cccc(Cl)c1)C(=O)CSCc1ccc(Br)cc1. The summed E-state index contributed by atoms with van der Waals surface area (Å²) in [6.07, 6.45) is 0.851. The van der Waals surface area contributed by atoms with E-state index < -0.39 is 6.04 Å². The van der Waals surface area contributed by atoms with Gasteiger partial charge in [-0.1, -0.05) is 58.7 Å². The third kappa shape index (κ3) is 8.03. The number of amides is 2. The van der Waals surface area contributed by atoms with E-state index in [1.807, 2.05) is 49.4 Å². The molecule has 0 saturated carbocycles. The van der Waals surface area contributed by atoms with Gasteiger partial charge in [-0.2, -0.15) is 0 Å². The molecule has 1 N–H and O–H groups in total. The molecule has 0 aliphatic rings. The lowest BCUT2D eigenvalue weighted by molar-refractivity contribution is -0.138. The zero-order valence-electron chi connectivity index (χ0n) is 16.7. The molecule has 2 aromatic rings. The fraction of sp³-hybridized carbons (Fsp3) is 0.364. The first-order chi connectivity index (χ1) is 13.9. The quantitative estimate of drug-likeness (QED) is 0.486. The minimum Gasteiger partial charge on any atom is -0.354 e. The molecule has 2 amide bonds. The molecule has 0 aliphatic heterocycles. The van der Waals surface area contributed by atoms with E-state index in [1.54, 1.807) is 29.7 Å². The molecule has 0 aliphatic carbocycles. The van der Waals surface area contributed by atoms with Crippen molar-refractivity contribution in [1.29, 1.82) is 0 Å². The van der Waals surface area contributed by atoms with Gasteiger partial charge >= 0.3 is 0 Å². The summed E-state index contributed by atoms with van der Waals surface area (Å²) >= 11 is 11.1. The number of carbonyl (C=O) groups is 2. The fourth-order valence-electron chi connectivity index (χ4n) is 2.73. The van der Waals surface area contributed by atoms with Crippen LogP contribution in [0.4, 0.5) is 0 Å². The third-order valence-corrected chi connectivity index (χ3v) is 6.12. The van der Waals surface area contributed by atoms with Gasteiger partial charge in [0, 0.05) is 28.3 Å². The molecule has 0 spiro atoms. The second-order valence-corrected chi connectivity index (χ2v) is 9.08. The highest BCUT2D eigenvalue weighted by atomic mass is 79.9. The highest BCUT2D eigenvalue weighted by Gasteiger charge is 2.25. The van der Waals surface area contributed by atoms with Crippen molar-refractivity contribution in [3.8, 4) is 0 Å². The van der Waals surface area contributed by atoms with Gasteiger partial charge in [0.25, 0.3) is 0 Å². The van der Waals surface area contributed by atoms with Crippen molar-refractivity contribution < 1.29 is 9.59 Å². The molecule has 4 nitrogen and oxygen atoms in total. The normalized spacial score (nSPS) is 11.7. The van der Waals surface area contributed by atoms with Gasteiger partial charge in [-0.3, -0.25) is 9.59 Å². The van der Waals surface area contributed by atoms with E-state index in [0.29, 0.717) is 23.9 Å². The van der Waals surface area contributed by atoms with E-state index >= 15 is 0 Å². The van der Waals surface area contributed by atoms with Gasteiger partial charge in [0.15, 0.2) is 0 Å². The summed E-state index contributed by atoms with van der Waals surface area (Å²) in [6, 6.07) is 14.9. The standard InChI is InChI=1S/C22H26BrClN2O2S/c1-3-11-25-22(28)16(2)26(13-18-5-4-6-20(24)12-18)21(27)15-29-14-17-7-9-19(23)10-8-17/h4-10,12,16H,3,11,13-15H2,1-2H3,(H,25,28)/t16-/m0/s1. The highest BCUT2D eigenvalue weighted by Crippen LogP contribution is 2.19. The Labute approximate surface area is 190 Å². The van der Waals surface area contributed by atoms with Crippen molar-refractivity contribution in [3.05, 3.63) is 69.2 Å². The van der Waals surface area contributed by atoms with Crippen LogP contribution in [0.25, 0.3) is 0 Å². The van der Waals surface area contributed by atoms with Crippen LogP contribution in [0.1, 0.15) is 31.4 Å². The third-order valence-electron chi connectivity index (χ3n) is 4.37. The molecule has 156 valence electrons. The number of carbonyl (C=O) groups excluding carboxylic acids is 2. The van der Waals surface area contributed by atoms with Gasteiger partial charge in [-0.25, -0.2) is 0 Å². The largest absolute Gasteiger partial charge is 0.354 e.